The highest BCUT2D eigenvalue weighted by Crippen LogP contribution is 2.19. The number of carbonyl (C=O) groups excluding carboxylic acids is 1. The van der Waals surface area contributed by atoms with Crippen molar-refractivity contribution in [1.82, 2.24) is 19.6 Å². The van der Waals surface area contributed by atoms with E-state index in [-0.39, 0.29) is 30.7 Å². The Morgan fingerprint density at radius 1 is 1.27 bits per heavy atom. The predicted octanol–water partition coefficient (Wildman–Crippen LogP) is 1.73. The summed E-state index contributed by atoms with van der Waals surface area (Å²) in [5, 5.41) is 4.06. The molecule has 6 nitrogen and oxygen atoms in total. The molecule has 0 spiro atoms. The van der Waals surface area contributed by atoms with Crippen LogP contribution in [0.3, 0.4) is 0 Å². The van der Waals surface area contributed by atoms with Crippen LogP contribution in [0.15, 0.2) is 0 Å². The average molecular weight is 370 g/mol. The summed E-state index contributed by atoms with van der Waals surface area (Å²) in [6.45, 7) is 6.26. The minimum atomic E-state index is 0. The Hall–Kier alpha value is -0.630. The number of hydrogen-bond donors (Lipinski definition) is 1. The van der Waals surface area contributed by atoms with Crippen molar-refractivity contribution in [1.29, 1.82) is 0 Å². The number of carbonyl (C=O) groups is 1. The standard InChI is InChI=1S/C13H23N5OS.2ClH/c1-11-15-13(20-16-11)18-8-4-7-17(9-10-18)12(19)5-3-6-14-2;;/h14H,3-10H2,1-2H3;2*1H. The maximum Gasteiger partial charge on any atom is 0.222 e. The van der Waals surface area contributed by atoms with E-state index in [1.165, 1.54) is 11.5 Å². The molecule has 0 aliphatic carbocycles. The van der Waals surface area contributed by atoms with Crippen molar-refractivity contribution in [3.05, 3.63) is 5.82 Å². The van der Waals surface area contributed by atoms with E-state index in [4.69, 9.17) is 0 Å². The molecule has 1 amide bonds. The van der Waals surface area contributed by atoms with Gasteiger partial charge in [0.05, 0.1) is 0 Å². The van der Waals surface area contributed by atoms with Crippen molar-refractivity contribution >= 4 is 47.4 Å². The molecule has 0 bridgehead atoms. The van der Waals surface area contributed by atoms with Gasteiger partial charge in [-0.15, -0.1) is 24.8 Å². The number of hydrogen-bond acceptors (Lipinski definition) is 6. The van der Waals surface area contributed by atoms with Gasteiger partial charge in [-0.25, -0.2) is 4.98 Å². The fourth-order valence-corrected chi connectivity index (χ4v) is 3.07. The monoisotopic (exact) mass is 369 g/mol. The van der Waals surface area contributed by atoms with Crippen LogP contribution in [0.1, 0.15) is 25.1 Å². The Morgan fingerprint density at radius 2 is 2.05 bits per heavy atom. The molecule has 2 rings (SSSR count). The molecule has 1 aromatic rings. The van der Waals surface area contributed by atoms with Gasteiger partial charge in [0.2, 0.25) is 11.0 Å². The smallest absolute Gasteiger partial charge is 0.222 e. The summed E-state index contributed by atoms with van der Waals surface area (Å²) < 4.78 is 4.23. The van der Waals surface area contributed by atoms with Gasteiger partial charge in [-0.05, 0) is 33.4 Å². The molecular formula is C13H25Cl2N5OS. The van der Waals surface area contributed by atoms with E-state index in [0.29, 0.717) is 6.42 Å². The van der Waals surface area contributed by atoms with Crippen LogP contribution in [0.2, 0.25) is 0 Å². The molecule has 1 aliphatic rings. The van der Waals surface area contributed by atoms with E-state index in [1.807, 2.05) is 18.9 Å². The van der Waals surface area contributed by atoms with Gasteiger partial charge in [0.1, 0.15) is 5.82 Å². The summed E-state index contributed by atoms with van der Waals surface area (Å²) >= 11 is 1.44. The van der Waals surface area contributed by atoms with Crippen LogP contribution in [0.5, 0.6) is 0 Å². The van der Waals surface area contributed by atoms with Crippen molar-refractivity contribution in [2.24, 2.45) is 0 Å². The van der Waals surface area contributed by atoms with E-state index >= 15 is 0 Å². The second-order valence-corrected chi connectivity index (χ2v) is 5.78. The first kappa shape index (κ1) is 21.4. The molecule has 1 saturated heterocycles. The molecule has 1 fully saturated rings. The van der Waals surface area contributed by atoms with Crippen molar-refractivity contribution in [3.63, 3.8) is 0 Å². The van der Waals surface area contributed by atoms with Gasteiger partial charge in [-0.3, -0.25) is 4.79 Å². The van der Waals surface area contributed by atoms with Gasteiger partial charge in [0, 0.05) is 44.1 Å². The number of nitrogens with zero attached hydrogens (tertiary/aromatic N) is 4. The molecule has 128 valence electrons. The first-order chi connectivity index (χ1) is 9.70. The molecule has 2 heterocycles. The van der Waals surface area contributed by atoms with Crippen LogP contribution < -0.4 is 10.2 Å². The Bertz CT molecular complexity index is 446. The van der Waals surface area contributed by atoms with E-state index < -0.39 is 0 Å². The molecule has 0 aromatic carbocycles. The van der Waals surface area contributed by atoms with Gasteiger partial charge < -0.3 is 15.1 Å². The van der Waals surface area contributed by atoms with Crippen LogP contribution in [-0.4, -0.2) is 59.9 Å². The molecular weight excluding hydrogens is 345 g/mol. The van der Waals surface area contributed by atoms with Crippen molar-refractivity contribution in [2.45, 2.75) is 26.2 Å². The highest BCUT2D eigenvalue weighted by molar-refractivity contribution is 7.09. The maximum atomic E-state index is 12.1. The lowest BCUT2D eigenvalue weighted by molar-refractivity contribution is -0.131. The van der Waals surface area contributed by atoms with Crippen LogP contribution >= 0.6 is 36.3 Å². The maximum absolute atomic E-state index is 12.1. The molecule has 0 atom stereocenters. The molecule has 1 N–H and O–H groups in total. The third-order valence-electron chi connectivity index (χ3n) is 3.45. The highest BCUT2D eigenvalue weighted by atomic mass is 35.5. The Morgan fingerprint density at radius 3 is 2.68 bits per heavy atom. The molecule has 1 aliphatic heterocycles. The minimum absolute atomic E-state index is 0. The highest BCUT2D eigenvalue weighted by Gasteiger charge is 2.20. The number of aryl methyl sites for hydroxylation is 1. The lowest BCUT2D eigenvalue weighted by atomic mass is 10.2. The summed E-state index contributed by atoms with van der Waals surface area (Å²) in [6, 6.07) is 0. The quantitative estimate of drug-likeness (QED) is 0.800. The molecule has 0 saturated carbocycles. The van der Waals surface area contributed by atoms with Gasteiger partial charge in [-0.1, -0.05) is 0 Å². The van der Waals surface area contributed by atoms with Crippen LogP contribution in [0.4, 0.5) is 5.13 Å². The van der Waals surface area contributed by atoms with Crippen LogP contribution in [0, 0.1) is 6.92 Å². The van der Waals surface area contributed by atoms with Gasteiger partial charge in [0.25, 0.3) is 0 Å². The number of nitrogens with one attached hydrogen (secondary N) is 1. The minimum Gasteiger partial charge on any atom is -0.345 e. The van der Waals surface area contributed by atoms with Crippen LogP contribution in [-0.2, 0) is 4.79 Å². The average Bonchev–Trinajstić information content (AvgIpc) is 2.73. The van der Waals surface area contributed by atoms with Crippen molar-refractivity contribution in [2.75, 3.05) is 44.7 Å². The second-order valence-electron chi connectivity index (χ2n) is 5.05. The van der Waals surface area contributed by atoms with Gasteiger partial charge in [0.15, 0.2) is 0 Å². The predicted molar refractivity (Wildman–Crippen MR) is 95.7 cm³/mol. The van der Waals surface area contributed by atoms with Gasteiger partial charge >= 0.3 is 0 Å². The number of aromatic nitrogens is 2. The molecule has 0 radical (unpaired) electrons. The van der Waals surface area contributed by atoms with E-state index in [0.717, 1.165) is 56.5 Å². The Labute approximate surface area is 148 Å². The molecule has 0 unspecified atom stereocenters. The van der Waals surface area contributed by atoms with E-state index in [9.17, 15) is 4.79 Å². The molecule has 22 heavy (non-hydrogen) atoms. The Balaban J connectivity index is 0.00000220. The number of anilines is 1. The fourth-order valence-electron chi connectivity index (χ4n) is 2.35. The number of amides is 1. The summed E-state index contributed by atoms with van der Waals surface area (Å²) in [5.41, 5.74) is 0. The largest absolute Gasteiger partial charge is 0.345 e. The topological polar surface area (TPSA) is 61.4 Å². The summed E-state index contributed by atoms with van der Waals surface area (Å²) in [6.07, 6.45) is 2.54. The fraction of sp³-hybridized carbons (Fsp3) is 0.769. The third kappa shape index (κ3) is 6.24. The zero-order chi connectivity index (χ0) is 14.4. The van der Waals surface area contributed by atoms with E-state index in [2.05, 4.69) is 19.6 Å². The first-order valence-electron chi connectivity index (χ1n) is 7.18. The van der Waals surface area contributed by atoms with Crippen LogP contribution in [0.25, 0.3) is 0 Å². The zero-order valence-electron chi connectivity index (χ0n) is 13.1. The SMILES string of the molecule is CNCCCC(=O)N1CCCN(c2nc(C)ns2)CC1.Cl.Cl. The lowest BCUT2D eigenvalue weighted by Crippen LogP contribution is -2.35. The zero-order valence-corrected chi connectivity index (χ0v) is 15.5. The first-order valence-corrected chi connectivity index (χ1v) is 7.95. The molecule has 9 heteroatoms. The normalized spacial score (nSPS) is 14.8. The summed E-state index contributed by atoms with van der Waals surface area (Å²) in [5.74, 6) is 1.10. The van der Waals surface area contributed by atoms with E-state index in [1.54, 1.807) is 0 Å². The van der Waals surface area contributed by atoms with Gasteiger partial charge in [-0.2, -0.15) is 4.37 Å². The lowest BCUT2D eigenvalue weighted by Gasteiger charge is -2.21. The Kier molecular flexibility index (Phi) is 10.7. The van der Waals surface area contributed by atoms with Crippen molar-refractivity contribution < 1.29 is 4.79 Å². The molecule has 1 aromatic heterocycles. The summed E-state index contributed by atoms with van der Waals surface area (Å²) in [7, 11) is 1.92. The second kappa shape index (κ2) is 11.0. The number of rotatable bonds is 5. The summed E-state index contributed by atoms with van der Waals surface area (Å²) in [4.78, 5) is 20.8. The number of halogens is 2. The third-order valence-corrected chi connectivity index (χ3v) is 4.32. The van der Waals surface area contributed by atoms with Crippen molar-refractivity contribution in [3.8, 4) is 0 Å².